The van der Waals surface area contributed by atoms with Gasteiger partial charge in [0.05, 0.1) is 25.9 Å². The summed E-state index contributed by atoms with van der Waals surface area (Å²) >= 11 is 0. The monoisotopic (exact) mass is 888 g/mol. The first-order valence-electron chi connectivity index (χ1n) is 21.4. The molecule has 0 spiro atoms. The molecular formula is C44H74O14P2. The zero-order valence-electron chi connectivity index (χ0n) is 35.9. The summed E-state index contributed by atoms with van der Waals surface area (Å²) in [5, 5.41) is 19.5. The second-order valence-electron chi connectivity index (χ2n) is 14.1. The van der Waals surface area contributed by atoms with Crippen molar-refractivity contribution in [3.8, 4) is 0 Å². The Hall–Kier alpha value is -2.74. The number of aliphatic hydroxyl groups excluding tert-OH is 2. The van der Waals surface area contributed by atoms with Crippen molar-refractivity contribution >= 4 is 27.6 Å². The summed E-state index contributed by atoms with van der Waals surface area (Å²) in [6, 6.07) is 0. The third kappa shape index (κ3) is 42.0. The third-order valence-electron chi connectivity index (χ3n) is 8.33. The van der Waals surface area contributed by atoms with Gasteiger partial charge in [0, 0.05) is 12.8 Å². The minimum absolute atomic E-state index is 0.0276. The van der Waals surface area contributed by atoms with Crippen molar-refractivity contribution in [3.63, 3.8) is 0 Å². The molecule has 0 saturated carbocycles. The highest BCUT2D eigenvalue weighted by Crippen LogP contribution is 2.43. The fourth-order valence-corrected chi connectivity index (χ4v) is 6.24. The number of carbonyl (C=O) groups is 2. The van der Waals surface area contributed by atoms with Crippen LogP contribution in [0.2, 0.25) is 0 Å². The summed E-state index contributed by atoms with van der Waals surface area (Å²) in [7, 11) is -9.72. The number of hydrogen-bond donors (Lipinski definition) is 5. The van der Waals surface area contributed by atoms with E-state index in [-0.39, 0.29) is 12.8 Å². The molecule has 14 nitrogen and oxygen atoms in total. The van der Waals surface area contributed by atoms with E-state index in [1.54, 1.807) is 6.08 Å². The van der Waals surface area contributed by atoms with Gasteiger partial charge >= 0.3 is 27.6 Å². The molecule has 16 heteroatoms. The van der Waals surface area contributed by atoms with Crippen molar-refractivity contribution in [1.82, 2.24) is 0 Å². The molecule has 0 rings (SSSR count). The van der Waals surface area contributed by atoms with Crippen LogP contribution in [0, 0.1) is 0 Å². The number of ether oxygens (including phenoxy) is 2. The minimum Gasteiger partial charge on any atom is -0.462 e. The predicted octanol–water partition coefficient (Wildman–Crippen LogP) is 9.75. The Morgan fingerprint density at radius 2 is 1.10 bits per heavy atom. The number of esters is 2. The average Bonchev–Trinajstić information content (AvgIpc) is 3.20. The second kappa shape index (κ2) is 39.1. The van der Waals surface area contributed by atoms with Gasteiger partial charge in [0.2, 0.25) is 0 Å². The molecule has 60 heavy (non-hydrogen) atoms. The van der Waals surface area contributed by atoms with Crippen molar-refractivity contribution in [3.05, 3.63) is 85.1 Å². The van der Waals surface area contributed by atoms with Crippen molar-refractivity contribution < 1.29 is 66.7 Å². The fraction of sp³-hybridized carbons (Fsp3) is 0.636. The first kappa shape index (κ1) is 57.3. The highest BCUT2D eigenvalue weighted by Gasteiger charge is 2.28. The van der Waals surface area contributed by atoms with Crippen LogP contribution in [-0.4, -0.2) is 81.6 Å². The topological polar surface area (TPSA) is 216 Å². The molecule has 0 saturated heterocycles. The second-order valence-corrected chi connectivity index (χ2v) is 16.8. The Balaban J connectivity index is 4.70. The van der Waals surface area contributed by atoms with E-state index in [2.05, 4.69) is 40.3 Å². The fourth-order valence-electron chi connectivity index (χ4n) is 5.08. The normalized spacial score (nSPS) is 15.4. The summed E-state index contributed by atoms with van der Waals surface area (Å²) in [4.78, 5) is 52.6. The molecule has 4 atom stereocenters. The lowest BCUT2D eigenvalue weighted by Crippen LogP contribution is -2.29. The average molecular weight is 889 g/mol. The van der Waals surface area contributed by atoms with Crippen LogP contribution in [0.15, 0.2) is 85.1 Å². The maximum absolute atomic E-state index is 12.6. The molecule has 0 fully saturated rings. The van der Waals surface area contributed by atoms with E-state index in [0.29, 0.717) is 25.7 Å². The van der Waals surface area contributed by atoms with Crippen molar-refractivity contribution in [2.24, 2.45) is 0 Å². The summed E-state index contributed by atoms with van der Waals surface area (Å²) in [6.45, 7) is 1.38. The van der Waals surface area contributed by atoms with Gasteiger partial charge in [-0.1, -0.05) is 131 Å². The Labute approximate surface area is 359 Å². The quantitative estimate of drug-likeness (QED) is 0.0128. The molecule has 0 amide bonds. The standard InChI is InChI=1S/C44H74O14P2/c1-3-5-7-8-9-10-11-12-13-14-18-21-24-27-30-34-43(47)54-38-42(39-57-60(52,53)56-37-41(46)36-55-59(49,50)51)58-44(48)35-31-28-25-22-19-16-15-17-20-23-26-29-33-40(45)32-6-4-2/h6,9-10,12-13,15-16,20,22-23,25-26,29,32,40-42,45-46H,3-5,7-8,11,14,17-19,21,24,27-28,30-31,33-39H2,1-2H3,(H,52,53)(H2,49,50,51)/b10-9-,13-12-,16-15-,23-20-,25-22-,29-26+,32-6-/t40?,41-,42+/m0/s1. The van der Waals surface area contributed by atoms with Crippen molar-refractivity contribution in [2.45, 2.75) is 154 Å². The van der Waals surface area contributed by atoms with E-state index in [4.69, 9.17) is 23.8 Å². The maximum atomic E-state index is 12.6. The molecule has 0 aromatic rings. The molecule has 0 aromatic heterocycles. The molecule has 0 radical (unpaired) electrons. The van der Waals surface area contributed by atoms with E-state index < -0.39 is 72.3 Å². The largest absolute Gasteiger partial charge is 0.472 e. The molecule has 2 unspecified atom stereocenters. The highest BCUT2D eigenvalue weighted by atomic mass is 31.2. The molecule has 0 bridgehead atoms. The summed E-state index contributed by atoms with van der Waals surface area (Å²) in [6.07, 6.45) is 40.7. The van der Waals surface area contributed by atoms with Gasteiger partial charge < -0.3 is 34.4 Å². The SMILES string of the molecule is CC/C=C\C(O)C/C=C/C=C\C/C=C\C/C=C\CCCC(=O)O[C@H](COC(=O)CCCCCCC/C=C\C/C=C\CCCCC)COP(=O)(O)OC[C@@H](O)COP(=O)(O)O. The van der Waals surface area contributed by atoms with Gasteiger partial charge in [-0.05, 0) is 77.0 Å². The molecular weight excluding hydrogens is 814 g/mol. The van der Waals surface area contributed by atoms with E-state index in [1.165, 1.54) is 19.3 Å². The summed E-state index contributed by atoms with van der Waals surface area (Å²) < 4.78 is 47.6. The zero-order chi connectivity index (χ0) is 44.6. The lowest BCUT2D eigenvalue weighted by molar-refractivity contribution is -0.161. The lowest BCUT2D eigenvalue weighted by Gasteiger charge is -2.20. The van der Waals surface area contributed by atoms with Crippen molar-refractivity contribution in [2.75, 3.05) is 26.4 Å². The smallest absolute Gasteiger partial charge is 0.462 e. The van der Waals surface area contributed by atoms with Crippen LogP contribution >= 0.6 is 15.6 Å². The first-order chi connectivity index (χ1) is 28.8. The third-order valence-corrected chi connectivity index (χ3v) is 9.77. The number of carbonyl (C=O) groups excluding carboxylic acids is 2. The number of aliphatic hydroxyl groups is 2. The van der Waals surface area contributed by atoms with Gasteiger partial charge in [-0.2, -0.15) is 0 Å². The van der Waals surface area contributed by atoms with Crippen LogP contribution in [0.3, 0.4) is 0 Å². The Kier molecular flexibility index (Phi) is 37.3. The maximum Gasteiger partial charge on any atom is 0.472 e. The highest BCUT2D eigenvalue weighted by molar-refractivity contribution is 7.47. The van der Waals surface area contributed by atoms with Crippen LogP contribution in [0.1, 0.15) is 136 Å². The first-order valence-corrected chi connectivity index (χ1v) is 24.4. The molecule has 0 aromatic carbocycles. The van der Waals surface area contributed by atoms with Gasteiger partial charge in [0.1, 0.15) is 12.7 Å². The van der Waals surface area contributed by atoms with E-state index in [1.807, 2.05) is 61.6 Å². The number of rotatable bonds is 39. The lowest BCUT2D eigenvalue weighted by atomic mass is 10.1. The summed E-state index contributed by atoms with van der Waals surface area (Å²) in [5.41, 5.74) is 0. The van der Waals surface area contributed by atoms with Crippen LogP contribution in [-0.2, 0) is 41.8 Å². The number of phosphoric ester groups is 2. The van der Waals surface area contributed by atoms with Gasteiger partial charge in [0.25, 0.3) is 0 Å². The Bertz CT molecular complexity index is 1400. The number of phosphoric acid groups is 2. The van der Waals surface area contributed by atoms with Crippen molar-refractivity contribution in [1.29, 1.82) is 0 Å². The van der Waals surface area contributed by atoms with Crippen LogP contribution < -0.4 is 0 Å². The van der Waals surface area contributed by atoms with Crippen LogP contribution in [0.5, 0.6) is 0 Å². The van der Waals surface area contributed by atoms with Crippen LogP contribution in [0.4, 0.5) is 0 Å². The number of allylic oxidation sites excluding steroid dienone is 12. The van der Waals surface area contributed by atoms with Gasteiger partial charge in [-0.15, -0.1) is 0 Å². The van der Waals surface area contributed by atoms with E-state index in [9.17, 15) is 33.8 Å². The van der Waals surface area contributed by atoms with Crippen LogP contribution in [0.25, 0.3) is 0 Å². The Morgan fingerprint density at radius 1 is 0.567 bits per heavy atom. The zero-order valence-corrected chi connectivity index (χ0v) is 37.7. The number of hydrogen-bond acceptors (Lipinski definition) is 11. The van der Waals surface area contributed by atoms with Gasteiger partial charge in [0.15, 0.2) is 6.10 Å². The molecule has 5 N–H and O–H groups in total. The molecule has 344 valence electrons. The Morgan fingerprint density at radius 3 is 1.75 bits per heavy atom. The predicted molar refractivity (Wildman–Crippen MR) is 236 cm³/mol. The summed E-state index contributed by atoms with van der Waals surface area (Å²) in [5.74, 6) is -1.15. The van der Waals surface area contributed by atoms with E-state index >= 15 is 0 Å². The van der Waals surface area contributed by atoms with Gasteiger partial charge in [-0.3, -0.25) is 23.2 Å². The van der Waals surface area contributed by atoms with E-state index in [0.717, 1.165) is 64.2 Å². The molecule has 0 heterocycles. The molecule has 0 aliphatic carbocycles. The number of unbranched alkanes of at least 4 members (excludes halogenated alkanes) is 9. The van der Waals surface area contributed by atoms with Gasteiger partial charge in [-0.25, -0.2) is 9.13 Å². The molecule has 0 aliphatic heterocycles. The molecule has 0 aliphatic rings. The minimum atomic E-state index is -4.88.